The number of hydrogen-bond donors (Lipinski definition) is 0. The van der Waals surface area contributed by atoms with E-state index in [1.165, 1.54) is 0 Å². The van der Waals surface area contributed by atoms with Gasteiger partial charge in [0.05, 0.1) is 12.7 Å². The molecule has 0 bridgehead atoms. The number of aromatic nitrogens is 1. The molecular formula is C29H24ClNO5. The number of ether oxygens (including phenoxy) is 3. The maximum atomic E-state index is 13.2. The molecule has 6 nitrogen and oxygen atoms in total. The standard InChI is InChI=1S/C29H24ClNO5/c1-4-31-16-19(22-14-20(34-3)10-11-23(22)31)13-25-28(32)26-17(2)12-21(15-24(26)36-25)35-29(33)27(30)18-8-6-5-7-9-18/h5-16,27H,4H2,1-3H3/b25-13-. The minimum absolute atomic E-state index is 0.203. The minimum Gasteiger partial charge on any atom is -0.497 e. The van der Waals surface area contributed by atoms with E-state index in [0.717, 1.165) is 28.8 Å². The Labute approximate surface area is 213 Å². The molecule has 5 rings (SSSR count). The Kier molecular flexibility index (Phi) is 6.29. The molecule has 7 heteroatoms. The Morgan fingerprint density at radius 1 is 1.11 bits per heavy atom. The summed E-state index contributed by atoms with van der Waals surface area (Å²) in [6.07, 6.45) is 3.73. The van der Waals surface area contributed by atoms with E-state index in [4.69, 9.17) is 25.8 Å². The molecule has 2 heterocycles. The fourth-order valence-corrected chi connectivity index (χ4v) is 4.60. The van der Waals surface area contributed by atoms with Gasteiger partial charge in [-0.15, -0.1) is 11.6 Å². The predicted molar refractivity (Wildman–Crippen MR) is 139 cm³/mol. The van der Waals surface area contributed by atoms with Gasteiger partial charge in [0.15, 0.2) is 11.1 Å². The van der Waals surface area contributed by atoms with Crippen molar-refractivity contribution in [3.05, 3.63) is 94.9 Å². The van der Waals surface area contributed by atoms with E-state index >= 15 is 0 Å². The average molecular weight is 502 g/mol. The molecule has 36 heavy (non-hydrogen) atoms. The van der Waals surface area contributed by atoms with Crippen molar-refractivity contribution >= 4 is 40.3 Å². The number of ketones is 1. The fourth-order valence-electron chi connectivity index (χ4n) is 4.41. The lowest BCUT2D eigenvalue weighted by atomic mass is 10.0. The lowest BCUT2D eigenvalue weighted by molar-refractivity contribution is -0.134. The van der Waals surface area contributed by atoms with Crippen LogP contribution in [0.5, 0.6) is 17.2 Å². The normalized spacial score (nSPS) is 14.6. The van der Waals surface area contributed by atoms with Gasteiger partial charge in [-0.2, -0.15) is 0 Å². The number of nitrogens with zero attached hydrogens (tertiary/aromatic N) is 1. The van der Waals surface area contributed by atoms with Crippen LogP contribution in [-0.4, -0.2) is 23.4 Å². The fraction of sp³-hybridized carbons (Fsp3) is 0.172. The number of methoxy groups -OCH3 is 1. The van der Waals surface area contributed by atoms with Crippen molar-refractivity contribution in [3.8, 4) is 17.2 Å². The number of rotatable bonds is 6. The van der Waals surface area contributed by atoms with Gasteiger partial charge in [-0.25, -0.2) is 4.79 Å². The monoisotopic (exact) mass is 501 g/mol. The predicted octanol–water partition coefficient (Wildman–Crippen LogP) is 6.48. The molecule has 0 saturated heterocycles. The Bertz CT molecular complexity index is 1520. The second-order valence-corrected chi connectivity index (χ2v) is 8.94. The van der Waals surface area contributed by atoms with Gasteiger partial charge in [0.25, 0.3) is 0 Å². The number of Topliss-reactive ketones (excluding diaryl/α,β-unsaturated/α-hetero) is 1. The van der Waals surface area contributed by atoms with Crippen molar-refractivity contribution < 1.29 is 23.8 Å². The van der Waals surface area contributed by atoms with Crippen LogP contribution in [0.4, 0.5) is 0 Å². The van der Waals surface area contributed by atoms with Crippen LogP contribution in [0, 0.1) is 6.92 Å². The third kappa shape index (κ3) is 4.25. The molecule has 0 fully saturated rings. The van der Waals surface area contributed by atoms with Crippen LogP contribution in [0.1, 0.15) is 39.3 Å². The summed E-state index contributed by atoms with van der Waals surface area (Å²) in [5.74, 6) is 0.710. The Morgan fingerprint density at radius 2 is 1.89 bits per heavy atom. The smallest absolute Gasteiger partial charge is 0.334 e. The molecule has 182 valence electrons. The summed E-state index contributed by atoms with van der Waals surface area (Å²) in [7, 11) is 1.62. The van der Waals surface area contributed by atoms with Crippen LogP contribution in [0.3, 0.4) is 0 Å². The van der Waals surface area contributed by atoms with Crippen molar-refractivity contribution in [2.45, 2.75) is 25.8 Å². The topological polar surface area (TPSA) is 66.8 Å². The third-order valence-corrected chi connectivity index (χ3v) is 6.64. The van der Waals surface area contributed by atoms with E-state index < -0.39 is 11.3 Å². The van der Waals surface area contributed by atoms with Crippen LogP contribution in [0.2, 0.25) is 0 Å². The van der Waals surface area contributed by atoms with Gasteiger partial charge in [-0.3, -0.25) is 4.79 Å². The van der Waals surface area contributed by atoms with Gasteiger partial charge in [0, 0.05) is 35.3 Å². The van der Waals surface area contributed by atoms with E-state index in [1.54, 1.807) is 56.5 Å². The molecule has 0 radical (unpaired) electrons. The minimum atomic E-state index is -0.953. The number of carbonyl (C=O) groups is 2. The van der Waals surface area contributed by atoms with Crippen molar-refractivity contribution in [1.29, 1.82) is 0 Å². The molecule has 1 aliphatic rings. The first-order valence-corrected chi connectivity index (χ1v) is 12.0. The van der Waals surface area contributed by atoms with E-state index in [-0.39, 0.29) is 17.3 Å². The maximum absolute atomic E-state index is 13.2. The summed E-state index contributed by atoms with van der Waals surface area (Å²) in [5, 5.41) is 0.00195. The highest BCUT2D eigenvalue weighted by molar-refractivity contribution is 6.30. The Morgan fingerprint density at radius 3 is 2.61 bits per heavy atom. The van der Waals surface area contributed by atoms with Crippen molar-refractivity contribution in [1.82, 2.24) is 4.57 Å². The van der Waals surface area contributed by atoms with Crippen molar-refractivity contribution in [3.63, 3.8) is 0 Å². The van der Waals surface area contributed by atoms with Crippen LogP contribution in [0.15, 0.2) is 72.6 Å². The van der Waals surface area contributed by atoms with E-state index in [1.807, 2.05) is 30.5 Å². The number of aryl methyl sites for hydroxylation is 2. The molecule has 0 N–H and O–H groups in total. The number of fused-ring (bicyclic) bond motifs is 2. The molecule has 4 aromatic rings. The zero-order valence-electron chi connectivity index (χ0n) is 20.1. The second kappa shape index (κ2) is 9.55. The van der Waals surface area contributed by atoms with Crippen LogP contribution < -0.4 is 14.2 Å². The lowest BCUT2D eigenvalue weighted by Crippen LogP contribution is -2.14. The highest BCUT2D eigenvalue weighted by Gasteiger charge is 2.31. The van der Waals surface area contributed by atoms with Crippen molar-refractivity contribution in [2.75, 3.05) is 7.11 Å². The van der Waals surface area contributed by atoms with Crippen LogP contribution in [0.25, 0.3) is 17.0 Å². The summed E-state index contributed by atoms with van der Waals surface area (Å²) < 4.78 is 19.0. The molecule has 0 aliphatic carbocycles. The molecule has 0 saturated carbocycles. The summed E-state index contributed by atoms with van der Waals surface area (Å²) in [6.45, 7) is 4.62. The highest BCUT2D eigenvalue weighted by atomic mass is 35.5. The summed E-state index contributed by atoms with van der Waals surface area (Å²) >= 11 is 6.30. The van der Waals surface area contributed by atoms with Gasteiger partial charge < -0.3 is 18.8 Å². The average Bonchev–Trinajstić information content (AvgIpc) is 3.40. The van der Waals surface area contributed by atoms with Gasteiger partial charge in [-0.1, -0.05) is 30.3 Å². The molecule has 1 atom stereocenters. The Hall–Kier alpha value is -4.03. The molecule has 3 aromatic carbocycles. The molecular weight excluding hydrogens is 478 g/mol. The van der Waals surface area contributed by atoms with Crippen LogP contribution >= 0.6 is 11.6 Å². The van der Waals surface area contributed by atoms with Gasteiger partial charge >= 0.3 is 5.97 Å². The van der Waals surface area contributed by atoms with Gasteiger partial charge in [0.2, 0.25) is 5.78 Å². The third-order valence-electron chi connectivity index (χ3n) is 6.21. The lowest BCUT2D eigenvalue weighted by Gasteiger charge is -2.11. The van der Waals surface area contributed by atoms with Crippen molar-refractivity contribution in [2.24, 2.45) is 0 Å². The molecule has 1 unspecified atom stereocenters. The van der Waals surface area contributed by atoms with Gasteiger partial charge in [0.1, 0.15) is 17.2 Å². The summed E-state index contributed by atoms with van der Waals surface area (Å²) in [5.41, 5.74) is 3.61. The first-order valence-electron chi connectivity index (χ1n) is 11.6. The zero-order valence-corrected chi connectivity index (χ0v) is 20.8. The number of halogens is 1. The number of carbonyl (C=O) groups excluding carboxylic acids is 2. The van der Waals surface area contributed by atoms with E-state index in [9.17, 15) is 9.59 Å². The van der Waals surface area contributed by atoms with Gasteiger partial charge in [-0.05, 0) is 55.3 Å². The van der Waals surface area contributed by atoms with E-state index in [2.05, 4.69) is 11.5 Å². The largest absolute Gasteiger partial charge is 0.497 e. The number of esters is 1. The molecule has 0 amide bonds. The second-order valence-electron chi connectivity index (χ2n) is 8.50. The summed E-state index contributed by atoms with van der Waals surface area (Å²) in [6, 6.07) is 18.0. The molecule has 0 spiro atoms. The number of alkyl halides is 1. The number of hydrogen-bond acceptors (Lipinski definition) is 5. The van der Waals surface area contributed by atoms with E-state index in [0.29, 0.717) is 22.4 Å². The first-order chi connectivity index (χ1) is 17.4. The highest BCUT2D eigenvalue weighted by Crippen LogP contribution is 2.39. The Balaban J connectivity index is 1.45. The number of allylic oxidation sites excluding steroid dienone is 1. The quantitative estimate of drug-likeness (QED) is 0.131. The summed E-state index contributed by atoms with van der Waals surface area (Å²) in [4.78, 5) is 25.8. The molecule has 1 aliphatic heterocycles. The number of benzene rings is 3. The zero-order chi connectivity index (χ0) is 25.4. The SMILES string of the molecule is CCn1cc(/C=C2\Oc3cc(OC(=O)C(Cl)c4ccccc4)cc(C)c3C2=O)c2cc(OC)ccc21. The first kappa shape index (κ1) is 23.7. The molecule has 1 aromatic heterocycles. The van der Waals surface area contributed by atoms with Crippen LogP contribution in [-0.2, 0) is 11.3 Å². The maximum Gasteiger partial charge on any atom is 0.334 e.